The molecule has 1 aromatic carbocycles. The molecule has 4 nitrogen and oxygen atoms in total. The van der Waals surface area contributed by atoms with Crippen molar-refractivity contribution in [1.82, 2.24) is 0 Å². The van der Waals surface area contributed by atoms with E-state index in [9.17, 15) is 5.11 Å². The molecule has 0 atom stereocenters. The number of aryl methyl sites for hydroxylation is 1. The minimum atomic E-state index is -0.814. The molecule has 4 heteroatoms. The number of hydrogen-bond donors (Lipinski definition) is 2. The van der Waals surface area contributed by atoms with Crippen molar-refractivity contribution in [1.29, 1.82) is 0 Å². The van der Waals surface area contributed by atoms with Crippen molar-refractivity contribution in [3.8, 4) is 5.75 Å². The van der Waals surface area contributed by atoms with E-state index in [1.165, 1.54) is 0 Å². The average Bonchev–Trinajstić information content (AvgIpc) is 2.44. The Morgan fingerprint density at radius 1 is 1.32 bits per heavy atom. The van der Waals surface area contributed by atoms with Crippen LogP contribution in [0.4, 0.5) is 0 Å². The lowest BCUT2D eigenvalue weighted by Gasteiger charge is -2.25. The van der Waals surface area contributed by atoms with Gasteiger partial charge in [-0.05, 0) is 44.4 Å². The van der Waals surface area contributed by atoms with Gasteiger partial charge < -0.3 is 15.1 Å². The fraction of sp³-hybridized carbons (Fsp3) is 0.533. The van der Waals surface area contributed by atoms with Crippen molar-refractivity contribution in [3.05, 3.63) is 29.3 Å². The predicted octanol–water partition coefficient (Wildman–Crippen LogP) is 3.12. The Morgan fingerprint density at radius 2 is 1.95 bits per heavy atom. The van der Waals surface area contributed by atoms with E-state index in [-0.39, 0.29) is 6.61 Å². The molecule has 0 bridgehead atoms. The summed E-state index contributed by atoms with van der Waals surface area (Å²) in [5.41, 5.74) is 1.47. The molecular weight excluding hydrogens is 242 g/mol. The zero-order chi connectivity index (χ0) is 14.5. The SMILES string of the molecule is CCC(O)(CC)COc1cc(C)ccc1/C(C)=N/O. The van der Waals surface area contributed by atoms with Crippen molar-refractivity contribution in [3.63, 3.8) is 0 Å². The molecule has 106 valence electrons. The molecule has 0 fully saturated rings. The van der Waals surface area contributed by atoms with E-state index in [1.54, 1.807) is 6.92 Å². The summed E-state index contributed by atoms with van der Waals surface area (Å²) in [5.74, 6) is 0.635. The molecule has 0 unspecified atom stereocenters. The van der Waals surface area contributed by atoms with Gasteiger partial charge in [-0.2, -0.15) is 0 Å². The zero-order valence-corrected chi connectivity index (χ0v) is 12.1. The first-order chi connectivity index (χ1) is 8.95. The Kier molecular flexibility index (Phi) is 5.36. The predicted molar refractivity (Wildman–Crippen MR) is 76.2 cm³/mol. The number of ether oxygens (including phenoxy) is 1. The van der Waals surface area contributed by atoms with Gasteiger partial charge in [0.25, 0.3) is 0 Å². The molecule has 0 spiro atoms. The molecule has 2 N–H and O–H groups in total. The van der Waals surface area contributed by atoms with Gasteiger partial charge in [0.15, 0.2) is 0 Å². The number of aliphatic hydroxyl groups is 1. The first-order valence-corrected chi connectivity index (χ1v) is 6.60. The Hall–Kier alpha value is -1.55. The molecule has 0 aliphatic heterocycles. The molecule has 0 radical (unpaired) electrons. The van der Waals surface area contributed by atoms with Crippen LogP contribution in [-0.2, 0) is 0 Å². The van der Waals surface area contributed by atoms with Crippen LogP contribution in [0.5, 0.6) is 5.75 Å². The zero-order valence-electron chi connectivity index (χ0n) is 12.1. The van der Waals surface area contributed by atoms with Crippen LogP contribution < -0.4 is 4.74 Å². The van der Waals surface area contributed by atoms with E-state index in [0.717, 1.165) is 11.1 Å². The fourth-order valence-electron chi connectivity index (χ4n) is 1.77. The van der Waals surface area contributed by atoms with Crippen LogP contribution in [0.2, 0.25) is 0 Å². The Labute approximate surface area is 114 Å². The van der Waals surface area contributed by atoms with Crippen LogP contribution in [0.25, 0.3) is 0 Å². The van der Waals surface area contributed by atoms with E-state index in [4.69, 9.17) is 9.94 Å². The van der Waals surface area contributed by atoms with Gasteiger partial charge >= 0.3 is 0 Å². The molecule has 1 rings (SSSR count). The maximum absolute atomic E-state index is 10.2. The molecule has 0 heterocycles. The molecule has 0 saturated carbocycles. The molecule has 0 aliphatic rings. The van der Waals surface area contributed by atoms with Crippen molar-refractivity contribution < 1.29 is 15.1 Å². The highest BCUT2D eigenvalue weighted by Crippen LogP contribution is 2.24. The summed E-state index contributed by atoms with van der Waals surface area (Å²) in [6.45, 7) is 7.78. The maximum atomic E-state index is 10.2. The molecule has 0 amide bonds. The van der Waals surface area contributed by atoms with Gasteiger partial charge in [0, 0.05) is 5.56 Å². The van der Waals surface area contributed by atoms with E-state index in [1.807, 2.05) is 39.0 Å². The van der Waals surface area contributed by atoms with Crippen molar-refractivity contribution >= 4 is 5.71 Å². The van der Waals surface area contributed by atoms with Gasteiger partial charge in [-0.1, -0.05) is 25.1 Å². The van der Waals surface area contributed by atoms with Crippen molar-refractivity contribution in [2.24, 2.45) is 5.16 Å². The molecule has 1 aromatic rings. The lowest BCUT2D eigenvalue weighted by atomic mass is 9.99. The second-order valence-electron chi connectivity index (χ2n) is 4.91. The highest BCUT2D eigenvalue weighted by atomic mass is 16.5. The quantitative estimate of drug-likeness (QED) is 0.472. The molecule has 19 heavy (non-hydrogen) atoms. The lowest BCUT2D eigenvalue weighted by molar-refractivity contribution is -0.0114. The van der Waals surface area contributed by atoms with E-state index in [2.05, 4.69) is 5.16 Å². The van der Waals surface area contributed by atoms with Crippen LogP contribution in [0.1, 0.15) is 44.7 Å². The van der Waals surface area contributed by atoms with Crippen LogP contribution in [0.15, 0.2) is 23.4 Å². The highest BCUT2D eigenvalue weighted by molar-refractivity contribution is 6.00. The Balaban J connectivity index is 2.97. The summed E-state index contributed by atoms with van der Waals surface area (Å²) in [6, 6.07) is 5.68. The Bertz CT molecular complexity index is 451. The largest absolute Gasteiger partial charge is 0.490 e. The Morgan fingerprint density at radius 3 is 2.47 bits per heavy atom. The number of oxime groups is 1. The minimum absolute atomic E-state index is 0.231. The topological polar surface area (TPSA) is 62.0 Å². The van der Waals surface area contributed by atoms with Crippen LogP contribution >= 0.6 is 0 Å². The minimum Gasteiger partial charge on any atom is -0.490 e. The first kappa shape index (κ1) is 15.5. The number of nitrogens with zero attached hydrogens (tertiary/aromatic N) is 1. The van der Waals surface area contributed by atoms with Gasteiger partial charge in [-0.3, -0.25) is 0 Å². The summed E-state index contributed by atoms with van der Waals surface area (Å²) in [4.78, 5) is 0. The summed E-state index contributed by atoms with van der Waals surface area (Å²) in [6.07, 6.45) is 1.27. The van der Waals surface area contributed by atoms with Crippen LogP contribution in [0, 0.1) is 6.92 Å². The smallest absolute Gasteiger partial charge is 0.128 e. The number of benzene rings is 1. The summed E-state index contributed by atoms with van der Waals surface area (Å²) in [5, 5.41) is 22.3. The lowest BCUT2D eigenvalue weighted by Crippen LogP contribution is -2.34. The molecule has 0 saturated heterocycles. The summed E-state index contributed by atoms with van der Waals surface area (Å²) in [7, 11) is 0. The van der Waals surface area contributed by atoms with Crippen LogP contribution in [-0.4, -0.2) is 28.2 Å². The van der Waals surface area contributed by atoms with E-state index < -0.39 is 5.60 Å². The second kappa shape index (κ2) is 6.57. The third kappa shape index (κ3) is 3.96. The monoisotopic (exact) mass is 265 g/mol. The summed E-state index contributed by atoms with van der Waals surface area (Å²) < 4.78 is 5.75. The van der Waals surface area contributed by atoms with Gasteiger partial charge in [0.1, 0.15) is 12.4 Å². The van der Waals surface area contributed by atoms with Crippen molar-refractivity contribution in [2.45, 2.75) is 46.1 Å². The molecular formula is C15H23NO3. The van der Waals surface area contributed by atoms with Gasteiger partial charge in [0.2, 0.25) is 0 Å². The van der Waals surface area contributed by atoms with Gasteiger partial charge in [0.05, 0.1) is 11.3 Å². The summed E-state index contributed by atoms with van der Waals surface area (Å²) >= 11 is 0. The van der Waals surface area contributed by atoms with Crippen molar-refractivity contribution in [2.75, 3.05) is 6.61 Å². The molecule has 0 aromatic heterocycles. The van der Waals surface area contributed by atoms with Crippen LogP contribution in [0.3, 0.4) is 0 Å². The van der Waals surface area contributed by atoms with E-state index in [0.29, 0.717) is 24.3 Å². The maximum Gasteiger partial charge on any atom is 0.128 e. The normalized spacial score (nSPS) is 12.6. The third-order valence-electron chi connectivity index (χ3n) is 3.49. The average molecular weight is 265 g/mol. The number of rotatable bonds is 6. The fourth-order valence-corrected chi connectivity index (χ4v) is 1.77. The van der Waals surface area contributed by atoms with Gasteiger partial charge in [-0.25, -0.2) is 0 Å². The van der Waals surface area contributed by atoms with E-state index >= 15 is 0 Å². The standard InChI is InChI=1S/C15H23NO3/c1-5-15(17,6-2)10-19-14-9-11(3)7-8-13(14)12(4)16-18/h7-9,17-18H,5-6,10H2,1-4H3/b16-12+. The van der Waals surface area contributed by atoms with Gasteiger partial charge in [-0.15, -0.1) is 0 Å². The second-order valence-corrected chi connectivity index (χ2v) is 4.91. The first-order valence-electron chi connectivity index (χ1n) is 6.60. The molecule has 0 aliphatic carbocycles. The highest BCUT2D eigenvalue weighted by Gasteiger charge is 2.23. The third-order valence-corrected chi connectivity index (χ3v) is 3.49. The number of hydrogen-bond acceptors (Lipinski definition) is 4.